The molecule has 1 aromatic carbocycles. The molecule has 2 aromatic heterocycles. The van der Waals surface area contributed by atoms with E-state index in [1.165, 1.54) is 0 Å². The summed E-state index contributed by atoms with van der Waals surface area (Å²) < 4.78 is 2.11. The molecule has 0 fully saturated rings. The Balaban J connectivity index is 1.98. The zero-order valence-electron chi connectivity index (χ0n) is 16.3. The molecule has 5 nitrogen and oxygen atoms in total. The predicted octanol–water partition coefficient (Wildman–Crippen LogP) is 4.44. The van der Waals surface area contributed by atoms with Crippen LogP contribution in [0, 0.1) is 5.41 Å². The fourth-order valence-corrected chi connectivity index (χ4v) is 4.13. The maximum atomic E-state index is 13.2. The first kappa shape index (κ1) is 18.4. The second-order valence-corrected chi connectivity index (χ2v) is 8.09. The van der Waals surface area contributed by atoms with Crippen molar-refractivity contribution in [3.63, 3.8) is 0 Å². The van der Waals surface area contributed by atoms with Crippen molar-refractivity contribution in [3.8, 4) is 11.3 Å². The highest BCUT2D eigenvalue weighted by Gasteiger charge is 2.37. The number of nitrogens with one attached hydrogen (secondary N) is 1. The second kappa shape index (κ2) is 7.24. The highest BCUT2D eigenvalue weighted by Crippen LogP contribution is 2.45. The summed E-state index contributed by atoms with van der Waals surface area (Å²) in [6.07, 6.45) is 4.82. The quantitative estimate of drug-likeness (QED) is 0.692. The molecule has 0 aliphatic heterocycles. The number of nitrogens with zero attached hydrogens (tertiary/aromatic N) is 2. The first-order valence-corrected chi connectivity index (χ1v) is 9.62. The van der Waals surface area contributed by atoms with Crippen LogP contribution in [0.4, 0.5) is 11.4 Å². The van der Waals surface area contributed by atoms with E-state index in [2.05, 4.69) is 28.7 Å². The number of para-hydroxylation sites is 1. The topological polar surface area (TPSA) is 67.2 Å². The van der Waals surface area contributed by atoms with E-state index in [4.69, 9.17) is 0 Å². The van der Waals surface area contributed by atoms with E-state index in [0.29, 0.717) is 13.0 Å². The summed E-state index contributed by atoms with van der Waals surface area (Å²) in [4.78, 5) is 17.3. The normalized spacial score (nSPS) is 15.3. The van der Waals surface area contributed by atoms with Crippen molar-refractivity contribution in [2.45, 2.75) is 33.2 Å². The summed E-state index contributed by atoms with van der Waals surface area (Å²) in [7, 11) is 0. The summed E-state index contributed by atoms with van der Waals surface area (Å²) >= 11 is 0. The molecule has 2 heterocycles. The van der Waals surface area contributed by atoms with E-state index in [-0.39, 0.29) is 17.8 Å². The molecule has 0 spiro atoms. The van der Waals surface area contributed by atoms with Gasteiger partial charge in [-0.3, -0.25) is 9.78 Å². The number of aromatic nitrogens is 2. The Hall–Kier alpha value is -2.92. The molecule has 144 valence electrons. The van der Waals surface area contributed by atoms with E-state index < -0.39 is 0 Å². The van der Waals surface area contributed by atoms with Gasteiger partial charge in [0.25, 0.3) is 0 Å². The molecule has 0 saturated carbocycles. The fourth-order valence-electron chi connectivity index (χ4n) is 4.13. The molecule has 1 aliphatic carbocycles. The lowest BCUT2D eigenvalue weighted by atomic mass is 9.76. The van der Waals surface area contributed by atoms with Gasteiger partial charge in [0, 0.05) is 42.3 Å². The molecule has 28 heavy (non-hydrogen) atoms. The Morgan fingerprint density at radius 3 is 2.50 bits per heavy atom. The predicted molar refractivity (Wildman–Crippen MR) is 111 cm³/mol. The summed E-state index contributed by atoms with van der Waals surface area (Å²) in [5.74, 6) is 0.150. The Bertz CT molecular complexity index is 992. The molecule has 0 bridgehead atoms. The number of fused-ring (bicyclic) bond motifs is 1. The van der Waals surface area contributed by atoms with Gasteiger partial charge in [-0.1, -0.05) is 32.0 Å². The largest absolute Gasteiger partial charge is 0.395 e. The summed E-state index contributed by atoms with van der Waals surface area (Å²) in [6, 6.07) is 13.8. The molecule has 2 N–H and O–H groups in total. The molecule has 3 aromatic rings. The number of ketones is 1. The van der Waals surface area contributed by atoms with E-state index in [1.54, 1.807) is 12.4 Å². The number of aliphatic hydroxyl groups excluding tert-OH is 1. The van der Waals surface area contributed by atoms with Gasteiger partial charge in [0.1, 0.15) is 0 Å². The lowest BCUT2D eigenvalue weighted by Gasteiger charge is -2.30. The highest BCUT2D eigenvalue weighted by atomic mass is 16.3. The van der Waals surface area contributed by atoms with Crippen LogP contribution in [0.3, 0.4) is 0 Å². The first-order chi connectivity index (χ1) is 13.5. The van der Waals surface area contributed by atoms with Gasteiger partial charge in [-0.25, -0.2) is 0 Å². The van der Waals surface area contributed by atoms with Crippen LogP contribution in [-0.2, 0) is 13.0 Å². The van der Waals surface area contributed by atoms with Crippen molar-refractivity contribution < 1.29 is 9.90 Å². The Labute approximate surface area is 165 Å². The minimum Gasteiger partial charge on any atom is -0.395 e. The van der Waals surface area contributed by atoms with Crippen LogP contribution in [0.2, 0.25) is 0 Å². The number of carbonyl (C=O) groups is 1. The van der Waals surface area contributed by atoms with Crippen LogP contribution >= 0.6 is 0 Å². The number of Topliss-reactive ketones (excluding diaryl/α,β-unsaturated/α-hetero) is 1. The van der Waals surface area contributed by atoms with Gasteiger partial charge in [0.15, 0.2) is 5.78 Å². The van der Waals surface area contributed by atoms with E-state index in [0.717, 1.165) is 40.3 Å². The molecule has 1 aliphatic rings. The van der Waals surface area contributed by atoms with Crippen molar-refractivity contribution in [1.82, 2.24) is 9.55 Å². The SMILES string of the molecule is CC1(C)CC(=O)c2c(Nc3ccccc3)c(-c3ccncc3)n(CCO)c2C1. The minimum absolute atomic E-state index is 0.0125. The number of aliphatic hydroxyl groups is 1. The molecule has 4 rings (SSSR count). The van der Waals surface area contributed by atoms with Gasteiger partial charge >= 0.3 is 0 Å². The molecule has 0 amide bonds. The van der Waals surface area contributed by atoms with Crippen molar-refractivity contribution in [2.24, 2.45) is 5.41 Å². The third kappa shape index (κ3) is 3.34. The molecule has 5 heteroatoms. The summed E-state index contributed by atoms with van der Waals surface area (Å²) in [5, 5.41) is 13.2. The number of carbonyl (C=O) groups excluding carboxylic acids is 1. The number of anilines is 2. The average Bonchev–Trinajstić information content (AvgIpc) is 2.96. The van der Waals surface area contributed by atoms with Gasteiger partial charge in [0.05, 0.1) is 23.6 Å². The zero-order chi connectivity index (χ0) is 19.7. The molecule has 0 saturated heterocycles. The van der Waals surface area contributed by atoms with Crippen LogP contribution < -0.4 is 5.32 Å². The Morgan fingerprint density at radius 2 is 1.82 bits per heavy atom. The van der Waals surface area contributed by atoms with Crippen molar-refractivity contribution >= 4 is 17.2 Å². The lowest BCUT2D eigenvalue weighted by Crippen LogP contribution is -2.28. The smallest absolute Gasteiger partial charge is 0.167 e. The molecular weight excluding hydrogens is 350 g/mol. The Kier molecular flexibility index (Phi) is 4.77. The molecular formula is C23H25N3O2. The Morgan fingerprint density at radius 1 is 1.11 bits per heavy atom. The van der Waals surface area contributed by atoms with Crippen molar-refractivity contribution in [2.75, 3.05) is 11.9 Å². The summed E-state index contributed by atoms with van der Waals surface area (Å²) in [5.41, 5.74) is 5.30. The second-order valence-electron chi connectivity index (χ2n) is 8.09. The van der Waals surface area contributed by atoms with Crippen LogP contribution in [0.15, 0.2) is 54.9 Å². The van der Waals surface area contributed by atoms with Gasteiger partial charge in [-0.05, 0) is 36.1 Å². The number of rotatable bonds is 5. The molecule has 0 atom stereocenters. The third-order valence-corrected chi connectivity index (χ3v) is 5.26. The van der Waals surface area contributed by atoms with Gasteiger partial charge in [-0.15, -0.1) is 0 Å². The van der Waals surface area contributed by atoms with Gasteiger partial charge < -0.3 is 15.0 Å². The monoisotopic (exact) mass is 375 g/mol. The highest BCUT2D eigenvalue weighted by molar-refractivity contribution is 6.08. The number of hydrogen-bond acceptors (Lipinski definition) is 4. The minimum atomic E-state index is -0.102. The van der Waals surface area contributed by atoms with Gasteiger partial charge in [0.2, 0.25) is 0 Å². The number of benzene rings is 1. The zero-order valence-corrected chi connectivity index (χ0v) is 16.3. The van der Waals surface area contributed by atoms with E-state index in [9.17, 15) is 9.90 Å². The third-order valence-electron chi connectivity index (χ3n) is 5.26. The lowest BCUT2D eigenvalue weighted by molar-refractivity contribution is 0.0910. The van der Waals surface area contributed by atoms with Crippen LogP contribution in [-0.4, -0.2) is 27.0 Å². The van der Waals surface area contributed by atoms with Gasteiger partial charge in [-0.2, -0.15) is 0 Å². The number of pyridine rings is 1. The number of hydrogen-bond donors (Lipinski definition) is 2. The van der Waals surface area contributed by atoms with Crippen molar-refractivity contribution in [3.05, 3.63) is 66.1 Å². The van der Waals surface area contributed by atoms with Crippen LogP contribution in [0.5, 0.6) is 0 Å². The van der Waals surface area contributed by atoms with Crippen LogP contribution in [0.25, 0.3) is 11.3 Å². The molecule has 0 radical (unpaired) electrons. The average molecular weight is 375 g/mol. The van der Waals surface area contributed by atoms with Crippen molar-refractivity contribution in [1.29, 1.82) is 0 Å². The maximum Gasteiger partial charge on any atom is 0.167 e. The molecule has 0 unspecified atom stereocenters. The van der Waals surface area contributed by atoms with Crippen LogP contribution in [0.1, 0.15) is 36.3 Å². The standard InChI is InChI=1S/C23H25N3O2/c1-23(2)14-18-20(19(28)15-23)21(25-17-6-4-3-5-7-17)22(26(18)12-13-27)16-8-10-24-11-9-16/h3-11,25,27H,12-15H2,1-2H3. The maximum absolute atomic E-state index is 13.2. The first-order valence-electron chi connectivity index (χ1n) is 9.62. The fraction of sp³-hybridized carbons (Fsp3) is 0.304. The van der Waals surface area contributed by atoms with E-state index in [1.807, 2.05) is 42.5 Å². The van der Waals surface area contributed by atoms with E-state index >= 15 is 0 Å². The summed E-state index contributed by atoms with van der Waals surface area (Å²) in [6.45, 7) is 4.71.